The van der Waals surface area contributed by atoms with Crippen molar-refractivity contribution in [1.82, 2.24) is 0 Å². The molecule has 1 heterocycles. The lowest BCUT2D eigenvalue weighted by Crippen LogP contribution is -2.32. The molecule has 1 aromatic rings. The highest BCUT2D eigenvalue weighted by molar-refractivity contribution is 5.69. The van der Waals surface area contributed by atoms with Gasteiger partial charge in [-0.1, -0.05) is 6.92 Å². The molecule has 4 nitrogen and oxygen atoms in total. The van der Waals surface area contributed by atoms with Crippen molar-refractivity contribution >= 4 is 5.97 Å². The maximum atomic E-state index is 10.6. The minimum absolute atomic E-state index is 0.103. The molecular weight excluding hydrogens is 184 g/mol. The minimum Gasteiger partial charge on any atom is -0.481 e. The number of rotatable bonds is 2. The molecule has 2 unspecified atom stereocenters. The van der Waals surface area contributed by atoms with Gasteiger partial charge in [0.1, 0.15) is 11.4 Å². The lowest BCUT2D eigenvalue weighted by atomic mass is 9.86. The number of aliphatic carboxylic acids is 1. The molecule has 14 heavy (non-hydrogen) atoms. The molecule has 0 aromatic carbocycles. The van der Waals surface area contributed by atoms with Crippen LogP contribution in [0.15, 0.2) is 16.7 Å². The fraction of sp³-hybridized carbons (Fsp3) is 0.500. The normalized spacial score (nSPS) is 30.3. The molecule has 0 amide bonds. The van der Waals surface area contributed by atoms with Crippen molar-refractivity contribution < 1.29 is 19.4 Å². The van der Waals surface area contributed by atoms with Gasteiger partial charge >= 0.3 is 5.97 Å². The van der Waals surface area contributed by atoms with Gasteiger partial charge in [0.25, 0.3) is 0 Å². The molecule has 0 radical (unpaired) electrons. The van der Waals surface area contributed by atoms with Crippen LogP contribution in [0.3, 0.4) is 0 Å². The molecular formula is C10H12O4. The van der Waals surface area contributed by atoms with Crippen LogP contribution in [-0.4, -0.2) is 16.2 Å². The summed E-state index contributed by atoms with van der Waals surface area (Å²) in [5, 5.41) is 19.0. The molecule has 2 atom stereocenters. The van der Waals surface area contributed by atoms with E-state index in [2.05, 4.69) is 0 Å². The second kappa shape index (κ2) is 2.85. The van der Waals surface area contributed by atoms with E-state index in [4.69, 9.17) is 9.52 Å². The van der Waals surface area contributed by atoms with Gasteiger partial charge in [-0.05, 0) is 12.0 Å². The average Bonchev–Trinajstić information content (AvgIpc) is 2.57. The van der Waals surface area contributed by atoms with E-state index in [-0.39, 0.29) is 12.3 Å². The second-order valence-electron chi connectivity index (χ2n) is 3.86. The van der Waals surface area contributed by atoms with Crippen LogP contribution < -0.4 is 0 Å². The molecule has 76 valence electrons. The molecule has 0 aliphatic heterocycles. The molecule has 4 heteroatoms. The summed E-state index contributed by atoms with van der Waals surface area (Å²) in [6.07, 6.45) is 1.83. The van der Waals surface area contributed by atoms with Crippen molar-refractivity contribution in [2.24, 2.45) is 5.92 Å². The Bertz CT molecular complexity index is 368. The highest BCUT2D eigenvalue weighted by Crippen LogP contribution is 2.44. The molecule has 0 spiro atoms. The summed E-state index contributed by atoms with van der Waals surface area (Å²) >= 11 is 0. The van der Waals surface area contributed by atoms with E-state index in [1.165, 1.54) is 6.26 Å². The summed E-state index contributed by atoms with van der Waals surface area (Å²) in [6, 6.07) is 1.65. The first-order chi connectivity index (χ1) is 6.54. The highest BCUT2D eigenvalue weighted by Gasteiger charge is 2.46. The van der Waals surface area contributed by atoms with E-state index in [1.54, 1.807) is 6.07 Å². The minimum atomic E-state index is -1.26. The Morgan fingerprint density at radius 3 is 3.14 bits per heavy atom. The lowest BCUT2D eigenvalue weighted by molar-refractivity contribution is -0.144. The number of carboxylic acid groups (broad SMARTS) is 1. The predicted molar refractivity (Wildman–Crippen MR) is 47.7 cm³/mol. The average molecular weight is 196 g/mol. The van der Waals surface area contributed by atoms with E-state index in [9.17, 15) is 9.90 Å². The largest absolute Gasteiger partial charge is 0.481 e. The molecule has 0 bridgehead atoms. The molecule has 1 aromatic heterocycles. The van der Waals surface area contributed by atoms with Crippen LogP contribution in [0.4, 0.5) is 0 Å². The maximum absolute atomic E-state index is 10.6. The molecule has 0 saturated carbocycles. The summed E-state index contributed by atoms with van der Waals surface area (Å²) in [7, 11) is 0. The van der Waals surface area contributed by atoms with Gasteiger partial charge < -0.3 is 14.6 Å². The van der Waals surface area contributed by atoms with Crippen LogP contribution in [-0.2, 0) is 16.8 Å². The van der Waals surface area contributed by atoms with Crippen LogP contribution in [0.25, 0.3) is 0 Å². The van der Waals surface area contributed by atoms with Crippen LogP contribution >= 0.6 is 0 Å². The molecule has 0 fully saturated rings. The smallest absolute Gasteiger partial charge is 0.306 e. The molecule has 1 aliphatic carbocycles. The van der Waals surface area contributed by atoms with Gasteiger partial charge in [-0.15, -0.1) is 0 Å². The van der Waals surface area contributed by atoms with Crippen molar-refractivity contribution in [3.05, 3.63) is 23.7 Å². The fourth-order valence-electron chi connectivity index (χ4n) is 2.10. The first-order valence-electron chi connectivity index (χ1n) is 4.55. The topological polar surface area (TPSA) is 70.7 Å². The van der Waals surface area contributed by atoms with Gasteiger partial charge in [0.05, 0.1) is 12.7 Å². The molecule has 1 aliphatic rings. The third-order valence-corrected chi connectivity index (χ3v) is 2.94. The van der Waals surface area contributed by atoms with E-state index < -0.39 is 11.6 Å². The number of aliphatic hydroxyl groups is 1. The van der Waals surface area contributed by atoms with Gasteiger partial charge in [-0.2, -0.15) is 0 Å². The van der Waals surface area contributed by atoms with Gasteiger partial charge in [-0.25, -0.2) is 0 Å². The van der Waals surface area contributed by atoms with Crippen LogP contribution in [0.5, 0.6) is 0 Å². The summed E-state index contributed by atoms with van der Waals surface area (Å²) in [5.74, 6) is -0.386. The quantitative estimate of drug-likeness (QED) is 0.743. The van der Waals surface area contributed by atoms with Gasteiger partial charge in [0, 0.05) is 12.0 Å². The molecule has 0 saturated heterocycles. The number of hydrogen-bond acceptors (Lipinski definition) is 3. The first-order valence-corrected chi connectivity index (χ1v) is 4.55. The first kappa shape index (κ1) is 9.27. The van der Waals surface area contributed by atoms with Crippen molar-refractivity contribution in [3.63, 3.8) is 0 Å². The summed E-state index contributed by atoms with van der Waals surface area (Å²) in [4.78, 5) is 10.6. The van der Waals surface area contributed by atoms with E-state index in [0.717, 1.165) is 0 Å². The Kier molecular flexibility index (Phi) is 1.89. The monoisotopic (exact) mass is 196 g/mol. The van der Waals surface area contributed by atoms with E-state index >= 15 is 0 Å². The van der Waals surface area contributed by atoms with Gasteiger partial charge in [0.2, 0.25) is 0 Å². The van der Waals surface area contributed by atoms with E-state index in [0.29, 0.717) is 17.7 Å². The highest BCUT2D eigenvalue weighted by atomic mass is 16.4. The summed E-state index contributed by atoms with van der Waals surface area (Å²) in [6.45, 7) is 1.83. The Labute approximate surface area is 81.2 Å². The van der Waals surface area contributed by atoms with Crippen molar-refractivity contribution in [2.45, 2.75) is 25.4 Å². The summed E-state index contributed by atoms with van der Waals surface area (Å²) in [5.41, 5.74) is -0.624. The Balaban J connectivity index is 2.39. The standard InChI is InChI=1S/C10H12O4/c1-6-4-8-7(2-3-14-8)10(6,13)5-9(11)12/h2-3,6,13H,4-5H2,1H3,(H,11,12). The Morgan fingerprint density at radius 1 is 1.79 bits per heavy atom. The van der Waals surface area contributed by atoms with Crippen LogP contribution in [0.1, 0.15) is 24.7 Å². The Hall–Kier alpha value is -1.29. The van der Waals surface area contributed by atoms with Crippen molar-refractivity contribution in [3.8, 4) is 0 Å². The van der Waals surface area contributed by atoms with Crippen molar-refractivity contribution in [1.29, 1.82) is 0 Å². The van der Waals surface area contributed by atoms with Gasteiger partial charge in [-0.3, -0.25) is 4.79 Å². The molecule has 2 rings (SSSR count). The SMILES string of the molecule is CC1Cc2occc2C1(O)CC(=O)O. The zero-order valence-electron chi connectivity index (χ0n) is 7.86. The predicted octanol–water partition coefficient (Wildman–Crippen LogP) is 1.13. The molecule has 2 N–H and O–H groups in total. The number of fused-ring (bicyclic) bond motifs is 1. The number of carbonyl (C=O) groups is 1. The maximum Gasteiger partial charge on any atom is 0.306 e. The lowest BCUT2D eigenvalue weighted by Gasteiger charge is -2.25. The third kappa shape index (κ3) is 1.14. The van der Waals surface area contributed by atoms with Crippen LogP contribution in [0, 0.1) is 5.92 Å². The fourth-order valence-corrected chi connectivity index (χ4v) is 2.10. The number of furan rings is 1. The zero-order valence-corrected chi connectivity index (χ0v) is 7.86. The summed E-state index contributed by atoms with van der Waals surface area (Å²) < 4.78 is 5.17. The van der Waals surface area contributed by atoms with Crippen molar-refractivity contribution in [2.75, 3.05) is 0 Å². The number of carboxylic acids is 1. The second-order valence-corrected chi connectivity index (χ2v) is 3.86. The van der Waals surface area contributed by atoms with Crippen LogP contribution in [0.2, 0.25) is 0 Å². The zero-order chi connectivity index (χ0) is 10.3. The van der Waals surface area contributed by atoms with E-state index in [1.807, 2.05) is 6.92 Å². The Morgan fingerprint density at radius 2 is 2.50 bits per heavy atom. The number of hydrogen-bond donors (Lipinski definition) is 2. The van der Waals surface area contributed by atoms with Gasteiger partial charge in [0.15, 0.2) is 0 Å². The third-order valence-electron chi connectivity index (χ3n) is 2.94.